The van der Waals surface area contributed by atoms with Gasteiger partial charge in [0.2, 0.25) is 0 Å². The average Bonchev–Trinajstić information content (AvgIpc) is 2.48. The minimum absolute atomic E-state index is 0.156. The SMILES string of the molecule is CCNC(C)c1ccc(N(C)Cc2ccccc2)cc1O. The third-order valence-electron chi connectivity index (χ3n) is 3.69. The molecule has 2 aromatic rings. The second-order valence-electron chi connectivity index (χ2n) is 5.36. The molecule has 0 aromatic heterocycles. The largest absolute Gasteiger partial charge is 0.508 e. The molecule has 0 aliphatic rings. The highest BCUT2D eigenvalue weighted by molar-refractivity contribution is 5.53. The highest BCUT2D eigenvalue weighted by atomic mass is 16.3. The maximum Gasteiger partial charge on any atom is 0.122 e. The molecule has 0 spiro atoms. The Bertz CT molecular complexity index is 569. The molecule has 112 valence electrons. The summed E-state index contributed by atoms with van der Waals surface area (Å²) < 4.78 is 0. The molecule has 1 atom stereocenters. The van der Waals surface area contributed by atoms with E-state index in [-0.39, 0.29) is 6.04 Å². The number of phenolic OH excluding ortho intramolecular Hbond substituents is 1. The molecular formula is C18H24N2O. The molecule has 0 amide bonds. The first-order chi connectivity index (χ1) is 10.1. The lowest BCUT2D eigenvalue weighted by molar-refractivity contribution is 0.454. The van der Waals surface area contributed by atoms with Gasteiger partial charge in [0, 0.05) is 37.0 Å². The molecule has 0 aliphatic heterocycles. The first-order valence-corrected chi connectivity index (χ1v) is 7.43. The highest BCUT2D eigenvalue weighted by Gasteiger charge is 2.11. The Morgan fingerprint density at radius 1 is 1.14 bits per heavy atom. The van der Waals surface area contributed by atoms with Crippen molar-refractivity contribution >= 4 is 5.69 Å². The molecule has 0 saturated heterocycles. The van der Waals surface area contributed by atoms with Crippen LogP contribution in [0.3, 0.4) is 0 Å². The van der Waals surface area contributed by atoms with Gasteiger partial charge in [0.1, 0.15) is 5.75 Å². The molecule has 2 aromatic carbocycles. The zero-order valence-corrected chi connectivity index (χ0v) is 13.0. The Morgan fingerprint density at radius 2 is 1.86 bits per heavy atom. The van der Waals surface area contributed by atoms with Crippen molar-refractivity contribution in [1.29, 1.82) is 0 Å². The predicted octanol–water partition coefficient (Wildman–Crippen LogP) is 3.70. The fraction of sp³-hybridized carbons (Fsp3) is 0.333. The Balaban J connectivity index is 2.12. The molecule has 21 heavy (non-hydrogen) atoms. The van der Waals surface area contributed by atoms with Crippen LogP contribution in [0.4, 0.5) is 5.69 Å². The van der Waals surface area contributed by atoms with Gasteiger partial charge in [-0.1, -0.05) is 43.3 Å². The van der Waals surface area contributed by atoms with Gasteiger partial charge in [0.05, 0.1) is 0 Å². The highest BCUT2D eigenvalue weighted by Crippen LogP contribution is 2.29. The molecule has 0 heterocycles. The van der Waals surface area contributed by atoms with Crippen molar-refractivity contribution in [3.8, 4) is 5.75 Å². The summed E-state index contributed by atoms with van der Waals surface area (Å²) in [5.41, 5.74) is 3.21. The van der Waals surface area contributed by atoms with Gasteiger partial charge in [0.25, 0.3) is 0 Å². The maximum atomic E-state index is 10.2. The molecule has 3 heteroatoms. The van der Waals surface area contributed by atoms with Gasteiger partial charge < -0.3 is 15.3 Å². The zero-order valence-electron chi connectivity index (χ0n) is 13.0. The Hall–Kier alpha value is -2.00. The second kappa shape index (κ2) is 7.14. The normalized spacial score (nSPS) is 12.1. The number of benzene rings is 2. The predicted molar refractivity (Wildman–Crippen MR) is 88.7 cm³/mol. The molecular weight excluding hydrogens is 260 g/mol. The molecule has 0 aliphatic carbocycles. The summed E-state index contributed by atoms with van der Waals surface area (Å²) in [6, 6.07) is 16.4. The molecule has 0 saturated carbocycles. The minimum atomic E-state index is 0.156. The smallest absolute Gasteiger partial charge is 0.122 e. The van der Waals surface area contributed by atoms with Crippen molar-refractivity contribution in [2.45, 2.75) is 26.4 Å². The van der Waals surface area contributed by atoms with E-state index in [1.165, 1.54) is 5.56 Å². The molecule has 2 rings (SSSR count). The molecule has 0 bridgehead atoms. The van der Waals surface area contributed by atoms with E-state index >= 15 is 0 Å². The summed E-state index contributed by atoms with van der Waals surface area (Å²) >= 11 is 0. The van der Waals surface area contributed by atoms with Gasteiger partial charge in [-0.15, -0.1) is 0 Å². The van der Waals surface area contributed by atoms with Gasteiger partial charge in [-0.25, -0.2) is 0 Å². The number of hydrogen-bond donors (Lipinski definition) is 2. The van der Waals surface area contributed by atoms with Crippen molar-refractivity contribution < 1.29 is 5.11 Å². The van der Waals surface area contributed by atoms with Crippen molar-refractivity contribution in [2.75, 3.05) is 18.5 Å². The van der Waals surface area contributed by atoms with Crippen LogP contribution < -0.4 is 10.2 Å². The zero-order chi connectivity index (χ0) is 15.2. The van der Waals surface area contributed by atoms with Gasteiger partial charge in [-0.3, -0.25) is 0 Å². The molecule has 3 nitrogen and oxygen atoms in total. The third-order valence-corrected chi connectivity index (χ3v) is 3.69. The molecule has 1 unspecified atom stereocenters. The number of phenols is 1. The molecule has 0 radical (unpaired) electrons. The average molecular weight is 284 g/mol. The van der Waals surface area contributed by atoms with Crippen molar-refractivity contribution in [3.05, 3.63) is 59.7 Å². The van der Waals surface area contributed by atoms with Crippen LogP contribution in [0.2, 0.25) is 0 Å². The number of anilines is 1. The fourth-order valence-electron chi connectivity index (χ4n) is 2.50. The van der Waals surface area contributed by atoms with E-state index in [1.807, 2.05) is 37.4 Å². The number of rotatable bonds is 6. The van der Waals surface area contributed by atoms with E-state index in [2.05, 4.69) is 42.3 Å². The van der Waals surface area contributed by atoms with E-state index in [4.69, 9.17) is 0 Å². The summed E-state index contributed by atoms with van der Waals surface area (Å²) in [4.78, 5) is 2.14. The Morgan fingerprint density at radius 3 is 2.48 bits per heavy atom. The number of nitrogens with zero attached hydrogens (tertiary/aromatic N) is 1. The summed E-state index contributed by atoms with van der Waals surface area (Å²) in [7, 11) is 2.04. The fourth-order valence-corrected chi connectivity index (χ4v) is 2.50. The topological polar surface area (TPSA) is 35.5 Å². The standard InChI is InChI=1S/C18H24N2O/c1-4-19-14(2)17-11-10-16(12-18(17)21)20(3)13-15-8-6-5-7-9-15/h5-12,14,19,21H,4,13H2,1-3H3. The van der Waals surface area contributed by atoms with Crippen LogP contribution in [-0.4, -0.2) is 18.7 Å². The third kappa shape index (κ3) is 3.99. The first-order valence-electron chi connectivity index (χ1n) is 7.43. The Kier molecular flexibility index (Phi) is 5.23. The van der Waals surface area contributed by atoms with Gasteiger partial charge >= 0.3 is 0 Å². The van der Waals surface area contributed by atoms with Gasteiger partial charge in [-0.05, 0) is 25.1 Å². The summed E-state index contributed by atoms with van der Waals surface area (Å²) in [6.45, 7) is 5.83. The van der Waals surface area contributed by atoms with Crippen molar-refractivity contribution in [2.24, 2.45) is 0 Å². The summed E-state index contributed by atoms with van der Waals surface area (Å²) in [5, 5.41) is 13.6. The lowest BCUT2D eigenvalue weighted by atomic mass is 10.1. The molecule has 2 N–H and O–H groups in total. The Labute approximate surface area is 127 Å². The van der Waals surface area contributed by atoms with Crippen LogP contribution >= 0.6 is 0 Å². The van der Waals surface area contributed by atoms with Crippen molar-refractivity contribution in [3.63, 3.8) is 0 Å². The van der Waals surface area contributed by atoms with Crippen LogP contribution in [0.15, 0.2) is 48.5 Å². The van der Waals surface area contributed by atoms with E-state index in [9.17, 15) is 5.11 Å². The van der Waals surface area contributed by atoms with Crippen LogP contribution in [0.25, 0.3) is 0 Å². The number of hydrogen-bond acceptors (Lipinski definition) is 3. The minimum Gasteiger partial charge on any atom is -0.508 e. The van der Waals surface area contributed by atoms with Crippen LogP contribution in [0.5, 0.6) is 5.75 Å². The van der Waals surface area contributed by atoms with E-state index < -0.39 is 0 Å². The van der Waals surface area contributed by atoms with E-state index in [0.29, 0.717) is 5.75 Å². The van der Waals surface area contributed by atoms with Crippen LogP contribution in [-0.2, 0) is 6.54 Å². The van der Waals surface area contributed by atoms with Crippen LogP contribution in [0, 0.1) is 0 Å². The first kappa shape index (κ1) is 15.4. The number of aromatic hydroxyl groups is 1. The lowest BCUT2D eigenvalue weighted by Gasteiger charge is -2.21. The molecule has 0 fully saturated rings. The number of nitrogens with one attached hydrogen (secondary N) is 1. The van der Waals surface area contributed by atoms with Gasteiger partial charge in [-0.2, -0.15) is 0 Å². The van der Waals surface area contributed by atoms with E-state index in [1.54, 1.807) is 0 Å². The summed E-state index contributed by atoms with van der Waals surface area (Å²) in [6.07, 6.45) is 0. The maximum absolute atomic E-state index is 10.2. The second-order valence-corrected chi connectivity index (χ2v) is 5.36. The summed E-state index contributed by atoms with van der Waals surface area (Å²) in [5.74, 6) is 0.348. The lowest BCUT2D eigenvalue weighted by Crippen LogP contribution is -2.19. The quantitative estimate of drug-likeness (QED) is 0.849. The van der Waals surface area contributed by atoms with Gasteiger partial charge in [0.15, 0.2) is 0 Å². The monoisotopic (exact) mass is 284 g/mol. The van der Waals surface area contributed by atoms with E-state index in [0.717, 1.165) is 24.3 Å². The van der Waals surface area contributed by atoms with Crippen LogP contribution in [0.1, 0.15) is 31.0 Å². The van der Waals surface area contributed by atoms with Crippen molar-refractivity contribution in [1.82, 2.24) is 5.32 Å².